The monoisotopic (exact) mass is 218 g/mol. The molecule has 1 saturated heterocycles. The standard InChI is InChI=1S/C8H14N2O3S/c11-7(12)5-10-8(13)9-4-6-2-1-3-14-6/h6H,1-5H2,(H,11,12)(H2,9,10,13). The van der Waals surface area contributed by atoms with Gasteiger partial charge in [0.25, 0.3) is 0 Å². The fourth-order valence-corrected chi connectivity index (χ4v) is 2.43. The van der Waals surface area contributed by atoms with Crippen molar-refractivity contribution in [2.24, 2.45) is 0 Å². The van der Waals surface area contributed by atoms with Crippen LogP contribution >= 0.6 is 11.8 Å². The first kappa shape index (κ1) is 11.2. The fraction of sp³-hybridized carbons (Fsp3) is 0.750. The molecule has 1 fully saturated rings. The summed E-state index contributed by atoms with van der Waals surface area (Å²) in [6.07, 6.45) is 2.33. The molecule has 0 aromatic heterocycles. The Labute approximate surface area is 86.6 Å². The average Bonchev–Trinajstić information content (AvgIpc) is 2.63. The fourth-order valence-electron chi connectivity index (χ4n) is 1.23. The Morgan fingerprint density at radius 2 is 2.21 bits per heavy atom. The second-order valence-electron chi connectivity index (χ2n) is 3.09. The van der Waals surface area contributed by atoms with Crippen molar-refractivity contribution in [3.63, 3.8) is 0 Å². The zero-order chi connectivity index (χ0) is 10.4. The Morgan fingerprint density at radius 3 is 2.79 bits per heavy atom. The quantitative estimate of drug-likeness (QED) is 0.632. The molecule has 5 nitrogen and oxygen atoms in total. The van der Waals surface area contributed by atoms with Crippen LogP contribution < -0.4 is 10.6 Å². The minimum atomic E-state index is -1.03. The predicted octanol–water partition coefficient (Wildman–Crippen LogP) is 0.266. The van der Waals surface area contributed by atoms with Gasteiger partial charge < -0.3 is 15.7 Å². The molecule has 80 valence electrons. The van der Waals surface area contributed by atoms with Gasteiger partial charge in [0, 0.05) is 11.8 Å². The molecule has 0 aliphatic carbocycles. The Bertz CT molecular complexity index is 217. The van der Waals surface area contributed by atoms with Crippen LogP contribution in [0.3, 0.4) is 0 Å². The number of carbonyl (C=O) groups is 2. The number of carboxylic acids is 1. The maximum atomic E-state index is 11.0. The van der Waals surface area contributed by atoms with Crippen molar-refractivity contribution < 1.29 is 14.7 Å². The lowest BCUT2D eigenvalue weighted by Gasteiger charge is -2.09. The van der Waals surface area contributed by atoms with Gasteiger partial charge in [-0.1, -0.05) is 0 Å². The molecule has 0 spiro atoms. The van der Waals surface area contributed by atoms with E-state index in [0.717, 1.165) is 12.2 Å². The van der Waals surface area contributed by atoms with E-state index in [2.05, 4.69) is 10.6 Å². The first-order valence-electron chi connectivity index (χ1n) is 4.53. The van der Waals surface area contributed by atoms with Crippen LogP contribution in [-0.4, -0.2) is 41.2 Å². The van der Waals surface area contributed by atoms with Crippen molar-refractivity contribution in [1.82, 2.24) is 10.6 Å². The summed E-state index contributed by atoms with van der Waals surface area (Å²) in [5, 5.41) is 13.7. The molecule has 0 bridgehead atoms. The molecule has 1 unspecified atom stereocenters. The highest BCUT2D eigenvalue weighted by Gasteiger charge is 2.15. The molecule has 3 N–H and O–H groups in total. The number of carbonyl (C=O) groups excluding carboxylic acids is 1. The van der Waals surface area contributed by atoms with Gasteiger partial charge in [-0.3, -0.25) is 4.79 Å². The Morgan fingerprint density at radius 1 is 1.43 bits per heavy atom. The van der Waals surface area contributed by atoms with E-state index in [1.807, 2.05) is 11.8 Å². The molecule has 14 heavy (non-hydrogen) atoms. The van der Waals surface area contributed by atoms with E-state index in [1.165, 1.54) is 6.42 Å². The van der Waals surface area contributed by atoms with Crippen LogP contribution in [-0.2, 0) is 4.79 Å². The SMILES string of the molecule is O=C(O)CNC(=O)NCC1CCCS1. The van der Waals surface area contributed by atoms with Crippen molar-refractivity contribution in [2.75, 3.05) is 18.8 Å². The van der Waals surface area contributed by atoms with Crippen molar-refractivity contribution in [3.05, 3.63) is 0 Å². The second kappa shape index (κ2) is 5.74. The molecule has 0 aromatic carbocycles. The number of carboxylic acid groups (broad SMARTS) is 1. The van der Waals surface area contributed by atoms with Crippen molar-refractivity contribution in [1.29, 1.82) is 0 Å². The smallest absolute Gasteiger partial charge is 0.323 e. The summed E-state index contributed by atoms with van der Waals surface area (Å²) in [7, 11) is 0. The Hall–Kier alpha value is -0.910. The predicted molar refractivity (Wildman–Crippen MR) is 54.5 cm³/mol. The third-order valence-corrected chi connectivity index (χ3v) is 3.31. The molecule has 1 rings (SSSR count). The number of hydrogen-bond donors (Lipinski definition) is 3. The van der Waals surface area contributed by atoms with Crippen molar-refractivity contribution in [2.45, 2.75) is 18.1 Å². The molecule has 0 radical (unpaired) electrons. The highest BCUT2D eigenvalue weighted by molar-refractivity contribution is 8.00. The first-order chi connectivity index (χ1) is 6.68. The molecule has 1 heterocycles. The van der Waals surface area contributed by atoms with Gasteiger partial charge >= 0.3 is 12.0 Å². The number of hydrogen-bond acceptors (Lipinski definition) is 3. The van der Waals surface area contributed by atoms with Crippen LogP contribution in [0.4, 0.5) is 4.79 Å². The maximum Gasteiger partial charge on any atom is 0.323 e. The van der Waals surface area contributed by atoms with E-state index in [-0.39, 0.29) is 6.54 Å². The average molecular weight is 218 g/mol. The zero-order valence-corrected chi connectivity index (χ0v) is 8.60. The molecule has 1 aliphatic rings. The zero-order valence-electron chi connectivity index (χ0n) is 7.78. The molecular weight excluding hydrogens is 204 g/mol. The molecule has 2 amide bonds. The highest BCUT2D eigenvalue weighted by Crippen LogP contribution is 2.24. The van der Waals surface area contributed by atoms with Crippen LogP contribution in [0.15, 0.2) is 0 Å². The molecule has 1 aliphatic heterocycles. The first-order valence-corrected chi connectivity index (χ1v) is 5.58. The molecule has 1 atom stereocenters. The Balaban J connectivity index is 2.05. The van der Waals surface area contributed by atoms with Gasteiger partial charge in [-0.2, -0.15) is 11.8 Å². The summed E-state index contributed by atoms with van der Waals surface area (Å²) in [4.78, 5) is 21.1. The van der Waals surface area contributed by atoms with Gasteiger partial charge in [-0.25, -0.2) is 4.79 Å². The highest BCUT2D eigenvalue weighted by atomic mass is 32.2. The third kappa shape index (κ3) is 4.36. The van der Waals surface area contributed by atoms with Crippen LogP contribution in [0.25, 0.3) is 0 Å². The lowest BCUT2D eigenvalue weighted by atomic mass is 10.2. The number of rotatable bonds is 4. The van der Waals surface area contributed by atoms with Gasteiger partial charge in [0.1, 0.15) is 6.54 Å². The summed E-state index contributed by atoms with van der Waals surface area (Å²) in [5.41, 5.74) is 0. The van der Waals surface area contributed by atoms with E-state index >= 15 is 0 Å². The largest absolute Gasteiger partial charge is 0.480 e. The molecular formula is C8H14N2O3S. The minimum Gasteiger partial charge on any atom is -0.480 e. The van der Waals surface area contributed by atoms with Gasteiger partial charge in [0.2, 0.25) is 0 Å². The van der Waals surface area contributed by atoms with Gasteiger partial charge in [0.15, 0.2) is 0 Å². The van der Waals surface area contributed by atoms with E-state index in [1.54, 1.807) is 0 Å². The molecule has 0 aromatic rings. The van der Waals surface area contributed by atoms with Crippen LogP contribution in [0.2, 0.25) is 0 Å². The minimum absolute atomic E-state index is 0.330. The molecule has 6 heteroatoms. The second-order valence-corrected chi connectivity index (χ2v) is 4.50. The number of thioether (sulfide) groups is 1. The summed E-state index contributed by atoms with van der Waals surface area (Å²) in [6, 6.07) is -0.403. The molecule has 0 saturated carbocycles. The summed E-state index contributed by atoms with van der Waals surface area (Å²) < 4.78 is 0. The maximum absolute atomic E-state index is 11.0. The number of urea groups is 1. The van der Waals surface area contributed by atoms with E-state index in [9.17, 15) is 9.59 Å². The topological polar surface area (TPSA) is 78.4 Å². The van der Waals surface area contributed by atoms with Crippen LogP contribution in [0.5, 0.6) is 0 Å². The van der Waals surface area contributed by atoms with Gasteiger partial charge in [-0.05, 0) is 18.6 Å². The number of nitrogens with one attached hydrogen (secondary N) is 2. The van der Waals surface area contributed by atoms with E-state index in [4.69, 9.17) is 5.11 Å². The Kier molecular flexibility index (Phi) is 4.58. The van der Waals surface area contributed by atoms with E-state index < -0.39 is 12.0 Å². The summed E-state index contributed by atoms with van der Waals surface area (Å²) >= 11 is 1.85. The lowest BCUT2D eigenvalue weighted by molar-refractivity contribution is -0.135. The lowest BCUT2D eigenvalue weighted by Crippen LogP contribution is -2.40. The van der Waals surface area contributed by atoms with Crippen LogP contribution in [0.1, 0.15) is 12.8 Å². The normalized spacial score (nSPS) is 20.4. The van der Waals surface area contributed by atoms with Crippen molar-refractivity contribution >= 4 is 23.8 Å². The van der Waals surface area contributed by atoms with Crippen LogP contribution in [0, 0.1) is 0 Å². The van der Waals surface area contributed by atoms with Crippen molar-refractivity contribution in [3.8, 4) is 0 Å². The van der Waals surface area contributed by atoms with E-state index in [0.29, 0.717) is 11.8 Å². The summed E-state index contributed by atoms with van der Waals surface area (Å²) in [6.45, 7) is 0.291. The number of aliphatic carboxylic acids is 1. The summed E-state index contributed by atoms with van der Waals surface area (Å²) in [5.74, 6) is 0.124. The third-order valence-electron chi connectivity index (χ3n) is 1.91. The van der Waals surface area contributed by atoms with Gasteiger partial charge in [0.05, 0.1) is 0 Å². The van der Waals surface area contributed by atoms with Gasteiger partial charge in [-0.15, -0.1) is 0 Å². The number of amides is 2.